The Labute approximate surface area is 178 Å². The minimum Gasteiger partial charge on any atom is -0.493 e. The molecule has 0 aliphatic heterocycles. The van der Waals surface area contributed by atoms with Crippen molar-refractivity contribution >= 4 is 21.8 Å². The Morgan fingerprint density at radius 3 is 2.41 bits per heavy atom. The lowest BCUT2D eigenvalue weighted by Gasteiger charge is -2.26. The van der Waals surface area contributed by atoms with E-state index in [0.717, 1.165) is 21.3 Å². The molecule has 0 radical (unpaired) electrons. The lowest BCUT2D eigenvalue weighted by molar-refractivity contribution is -0.131. The number of ether oxygens (including phenoxy) is 2. The Bertz CT molecular complexity index is 974. The Morgan fingerprint density at radius 1 is 1.17 bits per heavy atom. The van der Waals surface area contributed by atoms with Gasteiger partial charge in [0.1, 0.15) is 12.7 Å². The molecule has 0 bridgehead atoms. The van der Waals surface area contributed by atoms with Crippen LogP contribution in [0, 0.1) is 0 Å². The predicted molar refractivity (Wildman–Crippen MR) is 113 cm³/mol. The second-order valence-corrected chi connectivity index (χ2v) is 7.44. The van der Waals surface area contributed by atoms with Gasteiger partial charge in [-0.3, -0.25) is 4.79 Å². The van der Waals surface area contributed by atoms with Crippen molar-refractivity contribution in [1.29, 1.82) is 0 Å². The van der Waals surface area contributed by atoms with Gasteiger partial charge in [-0.2, -0.15) is 5.10 Å². The molecule has 1 atom stereocenters. The molecule has 1 heterocycles. The molecule has 8 heteroatoms. The normalized spacial score (nSPS) is 11.8. The standard InChI is InChI=1S/C21H23BrN4O3/c1-14(15-5-7-17(8-6-15)26-13-23-12-24-26)25(2)21(27)10-16-9-19(28-3)20(29-4)11-18(16)22/h5-9,11-14H,10H2,1-4H3/t14-/m0/s1. The molecule has 152 valence electrons. The molecule has 0 aliphatic carbocycles. The van der Waals surface area contributed by atoms with E-state index in [2.05, 4.69) is 26.0 Å². The van der Waals surface area contributed by atoms with Crippen LogP contribution in [-0.4, -0.2) is 46.8 Å². The molecule has 0 N–H and O–H groups in total. The third-order valence-electron chi connectivity index (χ3n) is 4.93. The smallest absolute Gasteiger partial charge is 0.227 e. The number of rotatable bonds is 7. The number of halogens is 1. The Balaban J connectivity index is 1.73. The average molecular weight is 459 g/mol. The van der Waals surface area contributed by atoms with Crippen LogP contribution in [0.3, 0.4) is 0 Å². The highest BCUT2D eigenvalue weighted by Crippen LogP contribution is 2.34. The van der Waals surface area contributed by atoms with Gasteiger partial charge < -0.3 is 14.4 Å². The van der Waals surface area contributed by atoms with Crippen LogP contribution in [0.25, 0.3) is 5.69 Å². The van der Waals surface area contributed by atoms with Crippen molar-refractivity contribution in [2.75, 3.05) is 21.3 Å². The maximum atomic E-state index is 12.9. The van der Waals surface area contributed by atoms with Gasteiger partial charge in [-0.05, 0) is 42.3 Å². The van der Waals surface area contributed by atoms with E-state index >= 15 is 0 Å². The fourth-order valence-corrected chi connectivity index (χ4v) is 3.47. The van der Waals surface area contributed by atoms with E-state index in [1.165, 1.54) is 6.33 Å². The third-order valence-corrected chi connectivity index (χ3v) is 5.67. The van der Waals surface area contributed by atoms with Crippen molar-refractivity contribution in [2.24, 2.45) is 0 Å². The first kappa shape index (κ1) is 20.9. The summed E-state index contributed by atoms with van der Waals surface area (Å²) < 4.78 is 13.1. The molecule has 7 nitrogen and oxygen atoms in total. The van der Waals surface area contributed by atoms with E-state index < -0.39 is 0 Å². The summed E-state index contributed by atoms with van der Waals surface area (Å²) in [6, 6.07) is 11.5. The molecule has 0 fully saturated rings. The van der Waals surface area contributed by atoms with Gasteiger partial charge in [0.25, 0.3) is 0 Å². The van der Waals surface area contributed by atoms with Gasteiger partial charge in [-0.15, -0.1) is 0 Å². The number of carbonyl (C=O) groups is 1. The second-order valence-electron chi connectivity index (χ2n) is 6.59. The van der Waals surface area contributed by atoms with Crippen LogP contribution < -0.4 is 9.47 Å². The first-order valence-corrected chi connectivity index (χ1v) is 9.85. The van der Waals surface area contributed by atoms with Crippen LogP contribution in [0.2, 0.25) is 0 Å². The number of methoxy groups -OCH3 is 2. The molecule has 0 saturated heterocycles. The van der Waals surface area contributed by atoms with E-state index in [0.29, 0.717) is 11.5 Å². The molecule has 0 unspecified atom stereocenters. The molecule has 1 amide bonds. The van der Waals surface area contributed by atoms with Crippen molar-refractivity contribution in [2.45, 2.75) is 19.4 Å². The zero-order valence-corrected chi connectivity index (χ0v) is 18.4. The van der Waals surface area contributed by atoms with Gasteiger partial charge in [0.05, 0.1) is 32.4 Å². The SMILES string of the molecule is COc1cc(Br)c(CC(=O)N(C)[C@@H](C)c2ccc(-n3cncn3)cc2)cc1OC. The minimum atomic E-state index is -0.0776. The number of hydrogen-bond donors (Lipinski definition) is 0. The zero-order valence-electron chi connectivity index (χ0n) is 16.8. The van der Waals surface area contributed by atoms with Crippen LogP contribution in [0.15, 0.2) is 53.5 Å². The maximum absolute atomic E-state index is 12.9. The highest BCUT2D eigenvalue weighted by molar-refractivity contribution is 9.10. The largest absolute Gasteiger partial charge is 0.493 e. The van der Waals surface area contributed by atoms with Crippen molar-refractivity contribution in [3.63, 3.8) is 0 Å². The number of aromatic nitrogens is 3. The Hall–Kier alpha value is -2.87. The van der Waals surface area contributed by atoms with E-state index in [1.54, 1.807) is 30.1 Å². The van der Waals surface area contributed by atoms with Crippen molar-refractivity contribution in [3.8, 4) is 17.2 Å². The summed E-state index contributed by atoms with van der Waals surface area (Å²) in [6.45, 7) is 2.01. The number of carbonyl (C=O) groups excluding carboxylic acids is 1. The minimum absolute atomic E-state index is 0.00535. The van der Waals surface area contributed by atoms with Gasteiger partial charge in [0.2, 0.25) is 5.91 Å². The Morgan fingerprint density at radius 2 is 1.83 bits per heavy atom. The second kappa shape index (κ2) is 9.09. The molecule has 1 aromatic heterocycles. The van der Waals surface area contributed by atoms with Crippen LogP contribution in [0.1, 0.15) is 24.1 Å². The molecule has 0 spiro atoms. The Kier molecular flexibility index (Phi) is 6.53. The number of benzene rings is 2. The summed E-state index contributed by atoms with van der Waals surface area (Å²) in [5, 5.41) is 4.12. The molecule has 0 saturated carbocycles. The van der Waals surface area contributed by atoms with E-state index in [-0.39, 0.29) is 18.4 Å². The van der Waals surface area contributed by atoms with Crippen molar-refractivity contribution in [1.82, 2.24) is 19.7 Å². The summed E-state index contributed by atoms with van der Waals surface area (Å²) in [5.41, 5.74) is 2.80. The summed E-state index contributed by atoms with van der Waals surface area (Å²) in [4.78, 5) is 18.6. The summed E-state index contributed by atoms with van der Waals surface area (Å²) in [6.07, 6.45) is 3.39. The molecule has 3 rings (SSSR count). The fourth-order valence-electron chi connectivity index (χ4n) is 3.01. The molecule has 29 heavy (non-hydrogen) atoms. The molecule has 2 aromatic carbocycles. The first-order valence-electron chi connectivity index (χ1n) is 9.05. The van der Waals surface area contributed by atoms with Crippen molar-refractivity contribution < 1.29 is 14.3 Å². The van der Waals surface area contributed by atoms with Gasteiger partial charge >= 0.3 is 0 Å². The van der Waals surface area contributed by atoms with E-state index in [9.17, 15) is 4.79 Å². The van der Waals surface area contributed by atoms with Crippen LogP contribution in [0.5, 0.6) is 11.5 Å². The number of likely N-dealkylation sites (N-methyl/N-ethyl adjacent to an activating group) is 1. The molecule has 3 aromatic rings. The summed E-state index contributed by atoms with van der Waals surface area (Å²) in [7, 11) is 4.97. The van der Waals surface area contributed by atoms with Crippen LogP contribution in [-0.2, 0) is 11.2 Å². The number of nitrogens with zero attached hydrogens (tertiary/aromatic N) is 4. The van der Waals surface area contributed by atoms with Gasteiger partial charge in [0, 0.05) is 11.5 Å². The van der Waals surface area contributed by atoms with Crippen LogP contribution in [0.4, 0.5) is 0 Å². The average Bonchev–Trinajstić information content (AvgIpc) is 3.28. The lowest BCUT2D eigenvalue weighted by Crippen LogP contribution is -2.31. The summed E-state index contributed by atoms with van der Waals surface area (Å²) >= 11 is 3.52. The summed E-state index contributed by atoms with van der Waals surface area (Å²) in [5.74, 6) is 1.22. The molecular formula is C21H23BrN4O3. The molecular weight excluding hydrogens is 436 g/mol. The van der Waals surface area contributed by atoms with Gasteiger partial charge in [0.15, 0.2) is 11.5 Å². The lowest BCUT2D eigenvalue weighted by atomic mass is 10.1. The van der Waals surface area contributed by atoms with Crippen molar-refractivity contribution in [3.05, 3.63) is 64.7 Å². The third kappa shape index (κ3) is 4.59. The predicted octanol–water partition coefficient (Wildman–Crippen LogP) is 3.81. The van der Waals surface area contributed by atoms with Crippen LogP contribution >= 0.6 is 15.9 Å². The maximum Gasteiger partial charge on any atom is 0.227 e. The first-order chi connectivity index (χ1) is 13.9. The monoisotopic (exact) mass is 458 g/mol. The quantitative estimate of drug-likeness (QED) is 0.538. The van der Waals surface area contributed by atoms with E-state index in [1.807, 2.05) is 50.4 Å². The zero-order chi connectivity index (χ0) is 21.0. The highest BCUT2D eigenvalue weighted by Gasteiger charge is 2.20. The van der Waals surface area contributed by atoms with E-state index in [4.69, 9.17) is 9.47 Å². The topological polar surface area (TPSA) is 69.5 Å². The van der Waals surface area contributed by atoms with Gasteiger partial charge in [-0.1, -0.05) is 28.1 Å². The van der Waals surface area contributed by atoms with Gasteiger partial charge in [-0.25, -0.2) is 9.67 Å². The number of amides is 1. The molecule has 0 aliphatic rings. The number of hydrogen-bond acceptors (Lipinski definition) is 5. The highest BCUT2D eigenvalue weighted by atomic mass is 79.9. The fraction of sp³-hybridized carbons (Fsp3) is 0.286.